The number of aromatic nitrogens is 1. The SMILES string of the molecule is COc1cc2cc(C(=O)NC(CC(C)C)C(=O)NC3CCCN(S(=O)(=O)c4cccc(C)n4)CC3=O)sc2cc1OC. The molecule has 42 heavy (non-hydrogen) atoms. The van der Waals surface area contributed by atoms with E-state index in [9.17, 15) is 22.8 Å². The van der Waals surface area contributed by atoms with Crippen molar-refractivity contribution in [3.63, 3.8) is 0 Å². The standard InChI is InChI=1S/C29H36N4O7S2/c1-17(2)12-21(32-29(36)26-14-19-13-23(39-4)24(40-5)15-25(19)41-26)28(35)31-20-9-7-11-33(16-22(20)34)42(37,38)27-10-6-8-18(3)30-27/h6,8,10,13-15,17,20-21H,7,9,11-12,16H2,1-5H3,(H,31,35)(H,32,36). The zero-order valence-electron chi connectivity index (χ0n) is 24.3. The monoisotopic (exact) mass is 616 g/mol. The van der Waals surface area contributed by atoms with Crippen LogP contribution in [0.2, 0.25) is 0 Å². The molecule has 4 rings (SSSR count). The molecule has 0 spiro atoms. The maximum atomic E-state index is 13.4. The summed E-state index contributed by atoms with van der Waals surface area (Å²) in [6, 6.07) is 8.25. The Morgan fingerprint density at radius 3 is 2.52 bits per heavy atom. The number of methoxy groups -OCH3 is 2. The molecule has 3 aromatic rings. The van der Waals surface area contributed by atoms with Crippen LogP contribution in [-0.2, 0) is 19.6 Å². The molecule has 13 heteroatoms. The smallest absolute Gasteiger partial charge is 0.262 e. The number of nitrogens with zero attached hydrogens (tertiary/aromatic N) is 2. The first-order valence-corrected chi connectivity index (χ1v) is 15.9. The van der Waals surface area contributed by atoms with Gasteiger partial charge in [0.1, 0.15) is 6.04 Å². The van der Waals surface area contributed by atoms with Crippen molar-refractivity contribution >= 4 is 49.0 Å². The summed E-state index contributed by atoms with van der Waals surface area (Å²) in [5.74, 6) is -0.156. The number of amides is 2. The fourth-order valence-electron chi connectivity index (χ4n) is 4.83. The number of hydrogen-bond donors (Lipinski definition) is 2. The van der Waals surface area contributed by atoms with Gasteiger partial charge < -0.3 is 20.1 Å². The van der Waals surface area contributed by atoms with E-state index in [0.717, 1.165) is 14.4 Å². The van der Waals surface area contributed by atoms with E-state index in [1.165, 1.54) is 31.6 Å². The summed E-state index contributed by atoms with van der Waals surface area (Å²) in [6.45, 7) is 5.31. The summed E-state index contributed by atoms with van der Waals surface area (Å²) in [4.78, 5) is 44.3. The van der Waals surface area contributed by atoms with Crippen LogP contribution in [0.5, 0.6) is 11.5 Å². The summed E-state index contributed by atoms with van der Waals surface area (Å²) in [5.41, 5.74) is 0.552. The molecule has 0 bridgehead atoms. The molecule has 2 amide bonds. The number of carbonyl (C=O) groups is 3. The van der Waals surface area contributed by atoms with Crippen LogP contribution in [0.15, 0.2) is 41.4 Å². The van der Waals surface area contributed by atoms with E-state index in [0.29, 0.717) is 34.9 Å². The molecule has 2 unspecified atom stereocenters. The molecular formula is C29H36N4O7S2. The lowest BCUT2D eigenvalue weighted by Crippen LogP contribution is -2.52. The predicted octanol–water partition coefficient (Wildman–Crippen LogP) is 3.31. The fourth-order valence-corrected chi connectivity index (χ4v) is 7.25. The normalized spacial score (nSPS) is 17.1. The second kappa shape index (κ2) is 13.2. The lowest BCUT2D eigenvalue weighted by atomic mass is 10.0. The molecule has 2 N–H and O–H groups in total. The minimum Gasteiger partial charge on any atom is -0.493 e. The Kier molecular flexibility index (Phi) is 9.85. The molecule has 3 heterocycles. The number of pyridine rings is 1. The van der Waals surface area contributed by atoms with E-state index in [1.54, 1.807) is 37.3 Å². The largest absolute Gasteiger partial charge is 0.493 e. The van der Waals surface area contributed by atoms with Crippen LogP contribution in [-0.4, -0.2) is 74.7 Å². The van der Waals surface area contributed by atoms with Crippen LogP contribution in [0.25, 0.3) is 10.1 Å². The van der Waals surface area contributed by atoms with Gasteiger partial charge in [-0.3, -0.25) is 14.4 Å². The van der Waals surface area contributed by atoms with Crippen LogP contribution in [0.4, 0.5) is 0 Å². The number of thiophene rings is 1. The van der Waals surface area contributed by atoms with Crippen molar-refractivity contribution in [1.29, 1.82) is 0 Å². The molecule has 1 saturated heterocycles. The Balaban J connectivity index is 1.46. The molecule has 1 aromatic carbocycles. The second-order valence-corrected chi connectivity index (χ2v) is 13.6. The van der Waals surface area contributed by atoms with Gasteiger partial charge in [-0.2, -0.15) is 4.31 Å². The molecule has 1 aliphatic rings. The number of ketones is 1. The van der Waals surface area contributed by atoms with Crippen LogP contribution in [0.3, 0.4) is 0 Å². The molecule has 0 saturated carbocycles. The van der Waals surface area contributed by atoms with E-state index in [-0.39, 0.29) is 30.5 Å². The zero-order valence-corrected chi connectivity index (χ0v) is 25.9. The number of sulfonamides is 1. The Hall–Kier alpha value is -3.55. The zero-order chi connectivity index (χ0) is 30.6. The minimum atomic E-state index is -3.97. The number of benzene rings is 1. The van der Waals surface area contributed by atoms with Crippen LogP contribution < -0.4 is 20.1 Å². The summed E-state index contributed by atoms with van der Waals surface area (Å²) in [5, 5.41) is 6.30. The lowest BCUT2D eigenvalue weighted by molar-refractivity contribution is -0.129. The van der Waals surface area contributed by atoms with Crippen LogP contribution >= 0.6 is 11.3 Å². The highest BCUT2D eigenvalue weighted by Crippen LogP contribution is 2.36. The van der Waals surface area contributed by atoms with Crippen molar-refractivity contribution in [2.24, 2.45) is 5.92 Å². The minimum absolute atomic E-state index is 0.0734. The Morgan fingerprint density at radius 1 is 1.14 bits per heavy atom. The van der Waals surface area contributed by atoms with Gasteiger partial charge in [-0.15, -0.1) is 11.3 Å². The third-order valence-electron chi connectivity index (χ3n) is 6.98. The average Bonchev–Trinajstić information content (AvgIpc) is 3.28. The Labute approximate surface area is 249 Å². The Bertz CT molecular complexity index is 1540. The first-order valence-electron chi connectivity index (χ1n) is 13.7. The summed E-state index contributed by atoms with van der Waals surface area (Å²) in [6.07, 6.45) is 1.00. The summed E-state index contributed by atoms with van der Waals surface area (Å²) >= 11 is 1.27. The van der Waals surface area contributed by atoms with E-state index >= 15 is 0 Å². The maximum absolute atomic E-state index is 13.4. The summed E-state index contributed by atoms with van der Waals surface area (Å²) in [7, 11) is -0.899. The molecule has 0 radical (unpaired) electrons. The number of Topliss-reactive ketones (excluding diaryl/α,β-unsaturated/α-hetero) is 1. The first-order chi connectivity index (χ1) is 19.9. The molecule has 2 atom stereocenters. The van der Waals surface area contributed by atoms with Gasteiger partial charge in [0.25, 0.3) is 15.9 Å². The van der Waals surface area contributed by atoms with Crippen molar-refractivity contribution in [3.05, 3.63) is 47.0 Å². The predicted molar refractivity (Wildman–Crippen MR) is 160 cm³/mol. The van der Waals surface area contributed by atoms with Gasteiger partial charge in [0.05, 0.1) is 31.7 Å². The van der Waals surface area contributed by atoms with Crippen molar-refractivity contribution in [2.75, 3.05) is 27.3 Å². The first kappa shape index (κ1) is 31.4. The van der Waals surface area contributed by atoms with Gasteiger partial charge >= 0.3 is 0 Å². The third-order valence-corrected chi connectivity index (χ3v) is 9.82. The molecule has 226 valence electrons. The molecule has 1 aliphatic heterocycles. The highest BCUT2D eigenvalue weighted by Gasteiger charge is 2.35. The molecule has 2 aromatic heterocycles. The van der Waals surface area contributed by atoms with Crippen LogP contribution in [0.1, 0.15) is 48.5 Å². The quantitative estimate of drug-likeness (QED) is 0.353. The van der Waals surface area contributed by atoms with Gasteiger partial charge in [-0.1, -0.05) is 19.9 Å². The third kappa shape index (κ3) is 7.08. The van der Waals surface area contributed by atoms with E-state index in [1.807, 2.05) is 13.8 Å². The van der Waals surface area contributed by atoms with Gasteiger partial charge in [0.15, 0.2) is 22.3 Å². The number of nitrogens with one attached hydrogen (secondary N) is 2. The van der Waals surface area contributed by atoms with Crippen molar-refractivity contribution in [2.45, 2.75) is 57.1 Å². The van der Waals surface area contributed by atoms with Gasteiger partial charge in [0.2, 0.25) is 5.91 Å². The summed E-state index contributed by atoms with van der Waals surface area (Å²) < 4.78 is 39.0. The number of hydrogen-bond acceptors (Lipinski definition) is 9. The number of fused-ring (bicyclic) bond motifs is 1. The van der Waals surface area contributed by atoms with Gasteiger partial charge in [0, 0.05) is 23.0 Å². The second-order valence-electron chi connectivity index (χ2n) is 10.6. The average molecular weight is 617 g/mol. The number of rotatable bonds is 10. The topological polar surface area (TPSA) is 144 Å². The lowest BCUT2D eigenvalue weighted by Gasteiger charge is -2.23. The highest BCUT2D eigenvalue weighted by molar-refractivity contribution is 7.89. The number of aryl methyl sites for hydroxylation is 1. The van der Waals surface area contributed by atoms with E-state index in [4.69, 9.17) is 9.47 Å². The fraction of sp³-hybridized carbons (Fsp3) is 0.448. The molecular weight excluding hydrogens is 580 g/mol. The number of ether oxygens (including phenoxy) is 2. The van der Waals surface area contributed by atoms with E-state index < -0.39 is 39.7 Å². The molecule has 1 fully saturated rings. The van der Waals surface area contributed by atoms with Gasteiger partial charge in [-0.25, -0.2) is 13.4 Å². The maximum Gasteiger partial charge on any atom is 0.262 e. The molecule has 0 aliphatic carbocycles. The Morgan fingerprint density at radius 2 is 1.86 bits per heavy atom. The van der Waals surface area contributed by atoms with E-state index in [2.05, 4.69) is 15.6 Å². The molecule has 11 nitrogen and oxygen atoms in total. The van der Waals surface area contributed by atoms with Gasteiger partial charge in [-0.05, 0) is 61.8 Å². The number of carbonyl (C=O) groups excluding carboxylic acids is 3. The van der Waals surface area contributed by atoms with Crippen molar-refractivity contribution < 1.29 is 32.3 Å². The highest BCUT2D eigenvalue weighted by atomic mass is 32.2. The van der Waals surface area contributed by atoms with Crippen LogP contribution in [0, 0.1) is 12.8 Å². The van der Waals surface area contributed by atoms with Crippen molar-refractivity contribution in [3.8, 4) is 11.5 Å². The van der Waals surface area contributed by atoms with Crippen molar-refractivity contribution in [1.82, 2.24) is 19.9 Å².